The van der Waals surface area contributed by atoms with Crippen molar-refractivity contribution in [3.05, 3.63) is 51.6 Å². The van der Waals surface area contributed by atoms with E-state index in [1.54, 1.807) is 6.20 Å². The fourth-order valence-electron chi connectivity index (χ4n) is 1.74. The van der Waals surface area contributed by atoms with Gasteiger partial charge in [-0.1, -0.05) is 28.1 Å². The number of hydrogen-bond acceptors (Lipinski definition) is 3. The molecule has 0 aliphatic carbocycles. The smallest absolute Gasteiger partial charge is 0.229 e. The van der Waals surface area contributed by atoms with Gasteiger partial charge in [-0.15, -0.1) is 0 Å². The van der Waals surface area contributed by atoms with Gasteiger partial charge in [-0.05, 0) is 49.2 Å². The maximum absolute atomic E-state index is 5.84. The molecule has 0 fully saturated rings. The second kappa shape index (κ2) is 5.67. The molecule has 0 amide bonds. The highest BCUT2D eigenvalue weighted by Crippen LogP contribution is 2.29. The Morgan fingerprint density at radius 1 is 1.26 bits per heavy atom. The van der Waals surface area contributed by atoms with Crippen molar-refractivity contribution in [2.24, 2.45) is 5.73 Å². The number of pyridine rings is 1. The highest BCUT2D eigenvalue weighted by Gasteiger charge is 2.13. The SMILES string of the molecule is Cc1cc(Br)ccc1Oc1nccc(C)c1C(N)=S. The fraction of sp³-hybridized carbons (Fsp3) is 0.143. The molecule has 0 bridgehead atoms. The van der Waals surface area contributed by atoms with Crippen molar-refractivity contribution >= 4 is 33.1 Å². The Morgan fingerprint density at radius 3 is 2.63 bits per heavy atom. The van der Waals surface area contributed by atoms with Crippen molar-refractivity contribution in [1.82, 2.24) is 4.98 Å². The van der Waals surface area contributed by atoms with Gasteiger partial charge in [0.25, 0.3) is 0 Å². The third kappa shape index (κ3) is 3.11. The first-order chi connectivity index (χ1) is 8.99. The van der Waals surface area contributed by atoms with Crippen LogP contribution in [0.5, 0.6) is 11.6 Å². The van der Waals surface area contributed by atoms with E-state index in [0.29, 0.717) is 11.4 Å². The summed E-state index contributed by atoms with van der Waals surface area (Å²) in [5.74, 6) is 1.18. The van der Waals surface area contributed by atoms with E-state index in [2.05, 4.69) is 20.9 Å². The molecule has 98 valence electrons. The van der Waals surface area contributed by atoms with Crippen LogP contribution in [0.4, 0.5) is 0 Å². The van der Waals surface area contributed by atoms with Crippen LogP contribution in [0.25, 0.3) is 0 Å². The minimum absolute atomic E-state index is 0.287. The average Bonchev–Trinajstić information content (AvgIpc) is 2.32. The minimum atomic E-state index is 0.287. The molecule has 1 aromatic heterocycles. The predicted molar refractivity (Wildman–Crippen MR) is 83.8 cm³/mol. The molecule has 2 N–H and O–H groups in total. The van der Waals surface area contributed by atoms with Gasteiger partial charge in [0.1, 0.15) is 10.7 Å². The predicted octanol–water partition coefficient (Wildman–Crippen LogP) is 3.89. The number of nitrogens with two attached hydrogens (primary N) is 1. The van der Waals surface area contributed by atoms with Crippen molar-refractivity contribution in [3.63, 3.8) is 0 Å². The number of aryl methyl sites for hydroxylation is 2. The Hall–Kier alpha value is -1.46. The van der Waals surface area contributed by atoms with Crippen LogP contribution in [0.1, 0.15) is 16.7 Å². The molecule has 0 radical (unpaired) electrons. The Bertz CT molecular complexity index is 643. The van der Waals surface area contributed by atoms with Gasteiger partial charge < -0.3 is 10.5 Å². The summed E-state index contributed by atoms with van der Waals surface area (Å²) in [6.45, 7) is 3.90. The Labute approximate surface area is 125 Å². The molecule has 3 nitrogen and oxygen atoms in total. The molecule has 2 aromatic rings. The lowest BCUT2D eigenvalue weighted by atomic mass is 10.1. The average molecular weight is 337 g/mol. The zero-order valence-electron chi connectivity index (χ0n) is 10.6. The molecule has 0 aliphatic rings. The molecule has 2 rings (SSSR count). The molecule has 0 atom stereocenters. The zero-order chi connectivity index (χ0) is 14.0. The number of halogens is 1. The monoisotopic (exact) mass is 336 g/mol. The normalized spacial score (nSPS) is 10.3. The third-order valence-corrected chi connectivity index (χ3v) is 3.41. The Balaban J connectivity index is 2.44. The van der Waals surface area contributed by atoms with Gasteiger partial charge in [0.05, 0.1) is 5.56 Å². The number of hydrogen-bond donors (Lipinski definition) is 1. The van der Waals surface area contributed by atoms with E-state index in [1.165, 1.54) is 0 Å². The van der Waals surface area contributed by atoms with Crippen LogP contribution in [0, 0.1) is 13.8 Å². The second-order valence-electron chi connectivity index (χ2n) is 4.18. The maximum atomic E-state index is 5.84. The van der Waals surface area contributed by atoms with Gasteiger partial charge >= 0.3 is 0 Å². The first-order valence-electron chi connectivity index (χ1n) is 5.68. The number of benzene rings is 1. The van der Waals surface area contributed by atoms with E-state index in [-0.39, 0.29) is 4.99 Å². The van der Waals surface area contributed by atoms with E-state index in [4.69, 9.17) is 22.7 Å². The van der Waals surface area contributed by atoms with Crippen LogP contribution in [0.15, 0.2) is 34.9 Å². The summed E-state index contributed by atoms with van der Waals surface area (Å²) in [4.78, 5) is 4.51. The molecule has 19 heavy (non-hydrogen) atoms. The van der Waals surface area contributed by atoms with E-state index < -0.39 is 0 Å². The van der Waals surface area contributed by atoms with Crippen molar-refractivity contribution in [1.29, 1.82) is 0 Å². The van der Waals surface area contributed by atoms with Gasteiger partial charge in [0, 0.05) is 10.7 Å². The molecular weight excluding hydrogens is 324 g/mol. The molecule has 0 aliphatic heterocycles. The van der Waals surface area contributed by atoms with Crippen LogP contribution in [0.2, 0.25) is 0 Å². The van der Waals surface area contributed by atoms with Crippen molar-refractivity contribution in [2.45, 2.75) is 13.8 Å². The zero-order valence-corrected chi connectivity index (χ0v) is 13.0. The molecular formula is C14H13BrN2OS. The van der Waals surface area contributed by atoms with Gasteiger partial charge in [0.2, 0.25) is 5.88 Å². The summed E-state index contributed by atoms with van der Waals surface area (Å²) in [6.07, 6.45) is 1.68. The molecule has 0 unspecified atom stereocenters. The van der Waals surface area contributed by atoms with Crippen LogP contribution < -0.4 is 10.5 Å². The highest BCUT2D eigenvalue weighted by molar-refractivity contribution is 9.10. The molecule has 1 aromatic carbocycles. The van der Waals surface area contributed by atoms with E-state index in [1.807, 2.05) is 38.1 Å². The minimum Gasteiger partial charge on any atom is -0.438 e. The van der Waals surface area contributed by atoms with E-state index in [9.17, 15) is 0 Å². The fourth-order valence-corrected chi connectivity index (χ4v) is 2.47. The Kier molecular flexibility index (Phi) is 4.17. The summed E-state index contributed by atoms with van der Waals surface area (Å²) >= 11 is 8.48. The topological polar surface area (TPSA) is 48.1 Å². The maximum Gasteiger partial charge on any atom is 0.229 e. The molecule has 0 saturated heterocycles. The summed E-state index contributed by atoms with van der Waals surface area (Å²) < 4.78 is 6.84. The highest BCUT2D eigenvalue weighted by atomic mass is 79.9. The third-order valence-electron chi connectivity index (χ3n) is 2.71. The van der Waals surface area contributed by atoms with Gasteiger partial charge in [-0.2, -0.15) is 0 Å². The first-order valence-corrected chi connectivity index (χ1v) is 6.88. The van der Waals surface area contributed by atoms with Crippen LogP contribution >= 0.6 is 28.1 Å². The molecule has 0 spiro atoms. The van der Waals surface area contributed by atoms with Gasteiger partial charge in [-0.3, -0.25) is 0 Å². The summed E-state index contributed by atoms with van der Waals surface area (Å²) in [5.41, 5.74) is 8.37. The van der Waals surface area contributed by atoms with Crippen LogP contribution in [-0.2, 0) is 0 Å². The number of rotatable bonds is 3. The summed E-state index contributed by atoms with van der Waals surface area (Å²) in [7, 11) is 0. The molecule has 5 heteroatoms. The lowest BCUT2D eigenvalue weighted by Gasteiger charge is -2.12. The molecule has 0 saturated carbocycles. The van der Waals surface area contributed by atoms with Crippen LogP contribution in [-0.4, -0.2) is 9.97 Å². The largest absolute Gasteiger partial charge is 0.438 e. The van der Waals surface area contributed by atoms with E-state index in [0.717, 1.165) is 21.3 Å². The summed E-state index contributed by atoms with van der Waals surface area (Å²) in [6, 6.07) is 7.63. The quantitative estimate of drug-likeness (QED) is 0.864. The first kappa shape index (κ1) is 14.0. The number of nitrogens with zero attached hydrogens (tertiary/aromatic N) is 1. The number of aromatic nitrogens is 1. The second-order valence-corrected chi connectivity index (χ2v) is 5.54. The van der Waals surface area contributed by atoms with E-state index >= 15 is 0 Å². The summed E-state index contributed by atoms with van der Waals surface area (Å²) in [5, 5.41) is 0. The standard InChI is InChI=1S/C14H13BrN2OS/c1-8-5-6-17-14(12(8)13(16)19)18-11-4-3-10(15)7-9(11)2/h3-7H,1-2H3,(H2,16,19). The molecule has 1 heterocycles. The number of ether oxygens (including phenoxy) is 1. The lowest BCUT2D eigenvalue weighted by Crippen LogP contribution is -2.13. The van der Waals surface area contributed by atoms with Gasteiger partial charge in [-0.25, -0.2) is 4.98 Å². The van der Waals surface area contributed by atoms with Crippen molar-refractivity contribution in [3.8, 4) is 11.6 Å². The Morgan fingerprint density at radius 2 is 2.00 bits per heavy atom. The van der Waals surface area contributed by atoms with Crippen molar-refractivity contribution < 1.29 is 4.74 Å². The van der Waals surface area contributed by atoms with Crippen LogP contribution in [0.3, 0.4) is 0 Å². The van der Waals surface area contributed by atoms with Gasteiger partial charge in [0.15, 0.2) is 0 Å². The number of thiocarbonyl (C=S) groups is 1. The van der Waals surface area contributed by atoms with Crippen molar-refractivity contribution in [2.75, 3.05) is 0 Å². The lowest BCUT2D eigenvalue weighted by molar-refractivity contribution is 0.458.